The zero-order valence-electron chi connectivity index (χ0n) is 14.8. The van der Waals surface area contributed by atoms with Gasteiger partial charge in [-0.3, -0.25) is 0 Å². The molecule has 136 valence electrons. The molecular formula is C20H21FN2O2S. The molecule has 3 rings (SSSR count). The molecule has 1 heterocycles. The molecule has 0 saturated carbocycles. The summed E-state index contributed by atoms with van der Waals surface area (Å²) in [5, 5.41) is 8.42. The van der Waals surface area contributed by atoms with Gasteiger partial charge in [-0.25, -0.2) is 12.8 Å². The number of nitriles is 1. The molecule has 0 N–H and O–H groups in total. The molecule has 2 atom stereocenters. The van der Waals surface area contributed by atoms with Crippen molar-refractivity contribution in [2.24, 2.45) is 0 Å². The lowest BCUT2D eigenvalue weighted by molar-refractivity contribution is 0.281. The molecule has 1 aliphatic rings. The van der Waals surface area contributed by atoms with Crippen molar-refractivity contribution in [3.8, 4) is 17.2 Å². The van der Waals surface area contributed by atoms with E-state index in [2.05, 4.69) is 6.07 Å². The van der Waals surface area contributed by atoms with Gasteiger partial charge in [0.1, 0.15) is 5.82 Å². The topological polar surface area (TPSA) is 61.2 Å². The first-order valence-electron chi connectivity index (χ1n) is 8.62. The van der Waals surface area contributed by atoms with Crippen LogP contribution >= 0.6 is 0 Å². The minimum absolute atomic E-state index is 0.0489. The van der Waals surface area contributed by atoms with E-state index < -0.39 is 21.1 Å². The molecule has 1 unspecified atom stereocenters. The fraction of sp³-hybridized carbons (Fsp3) is 0.350. The van der Waals surface area contributed by atoms with Crippen LogP contribution < -0.4 is 0 Å². The van der Waals surface area contributed by atoms with Crippen LogP contribution in [-0.2, 0) is 16.6 Å². The molecule has 0 amide bonds. The van der Waals surface area contributed by atoms with Crippen molar-refractivity contribution < 1.29 is 12.8 Å². The molecule has 0 spiro atoms. The van der Waals surface area contributed by atoms with Crippen molar-refractivity contribution >= 4 is 10.0 Å². The van der Waals surface area contributed by atoms with Crippen LogP contribution in [0.25, 0.3) is 11.1 Å². The van der Waals surface area contributed by atoms with Gasteiger partial charge in [0.05, 0.1) is 16.9 Å². The average Bonchev–Trinajstić information content (AvgIpc) is 2.63. The SMILES string of the molecule is CC1CC[C@H](C)N(Cc2ccc(-c3ccc(C#N)cc3)cc2F)S1(=O)=O. The van der Waals surface area contributed by atoms with E-state index in [1.54, 1.807) is 43.3 Å². The lowest BCUT2D eigenvalue weighted by atomic mass is 10.0. The van der Waals surface area contributed by atoms with Crippen molar-refractivity contribution in [2.45, 2.75) is 44.5 Å². The minimum Gasteiger partial charge on any atom is -0.212 e. The zero-order chi connectivity index (χ0) is 18.9. The molecule has 0 aliphatic carbocycles. The van der Waals surface area contributed by atoms with Gasteiger partial charge in [0.15, 0.2) is 0 Å². The molecule has 2 aromatic rings. The van der Waals surface area contributed by atoms with Crippen molar-refractivity contribution in [3.05, 3.63) is 59.4 Å². The van der Waals surface area contributed by atoms with Crippen LogP contribution in [0.3, 0.4) is 0 Å². The van der Waals surface area contributed by atoms with Crippen molar-refractivity contribution in [3.63, 3.8) is 0 Å². The molecule has 2 aromatic carbocycles. The van der Waals surface area contributed by atoms with Crippen molar-refractivity contribution in [1.82, 2.24) is 4.31 Å². The number of rotatable bonds is 3. The summed E-state index contributed by atoms with van der Waals surface area (Å²) < 4.78 is 41.2. The Morgan fingerprint density at radius 1 is 1.12 bits per heavy atom. The molecule has 1 aliphatic heterocycles. The first-order valence-corrected chi connectivity index (χ1v) is 10.1. The standard InChI is InChI=1S/C20H21FN2O2S/c1-14-3-4-15(2)26(24,25)23(14)13-19-10-9-18(11-20(19)21)17-7-5-16(12-22)6-8-17/h5-11,14-15H,3-4,13H2,1-2H3/t14-,15?/m0/s1. The molecule has 26 heavy (non-hydrogen) atoms. The van der Waals surface area contributed by atoms with Gasteiger partial charge < -0.3 is 0 Å². The van der Waals surface area contributed by atoms with Gasteiger partial charge in [0, 0.05) is 18.2 Å². The fourth-order valence-corrected chi connectivity index (χ4v) is 5.08. The van der Waals surface area contributed by atoms with E-state index in [1.807, 2.05) is 6.92 Å². The van der Waals surface area contributed by atoms with Crippen LogP contribution in [0.2, 0.25) is 0 Å². The molecule has 0 aromatic heterocycles. The average molecular weight is 372 g/mol. The Hall–Kier alpha value is -2.23. The highest BCUT2D eigenvalue weighted by atomic mass is 32.2. The summed E-state index contributed by atoms with van der Waals surface area (Å²) in [4.78, 5) is 0. The Morgan fingerprint density at radius 3 is 2.38 bits per heavy atom. The Labute approximate surface area is 153 Å². The Bertz CT molecular complexity index is 949. The minimum atomic E-state index is -3.40. The maximum atomic E-state index is 14.6. The third-order valence-corrected chi connectivity index (χ3v) is 7.44. The van der Waals surface area contributed by atoms with Crippen LogP contribution in [-0.4, -0.2) is 24.0 Å². The summed E-state index contributed by atoms with van der Waals surface area (Å²) in [6.45, 7) is 3.62. The van der Waals surface area contributed by atoms with Crippen LogP contribution in [0.5, 0.6) is 0 Å². The Balaban J connectivity index is 1.87. The van der Waals surface area contributed by atoms with Crippen LogP contribution in [0.1, 0.15) is 37.8 Å². The molecular weight excluding hydrogens is 351 g/mol. The van der Waals surface area contributed by atoms with Gasteiger partial charge in [-0.1, -0.05) is 24.3 Å². The summed E-state index contributed by atoms with van der Waals surface area (Å²) in [7, 11) is -3.40. The number of halogens is 1. The van der Waals surface area contributed by atoms with Gasteiger partial charge in [-0.15, -0.1) is 0 Å². The Morgan fingerprint density at radius 2 is 1.77 bits per heavy atom. The number of benzene rings is 2. The van der Waals surface area contributed by atoms with Gasteiger partial charge >= 0.3 is 0 Å². The second kappa shape index (κ2) is 7.18. The van der Waals surface area contributed by atoms with E-state index in [-0.39, 0.29) is 12.6 Å². The van der Waals surface area contributed by atoms with Crippen LogP contribution in [0.4, 0.5) is 4.39 Å². The zero-order valence-corrected chi connectivity index (χ0v) is 15.6. The smallest absolute Gasteiger partial charge is 0.212 e. The highest BCUT2D eigenvalue weighted by Gasteiger charge is 2.37. The van der Waals surface area contributed by atoms with Crippen molar-refractivity contribution in [2.75, 3.05) is 0 Å². The van der Waals surface area contributed by atoms with Gasteiger partial charge in [0.2, 0.25) is 10.0 Å². The largest absolute Gasteiger partial charge is 0.217 e. The number of sulfonamides is 1. The van der Waals surface area contributed by atoms with Crippen molar-refractivity contribution in [1.29, 1.82) is 5.26 Å². The van der Waals surface area contributed by atoms with Crippen LogP contribution in [0.15, 0.2) is 42.5 Å². The van der Waals surface area contributed by atoms with E-state index in [0.29, 0.717) is 23.1 Å². The third-order valence-electron chi connectivity index (χ3n) is 5.04. The number of hydrogen-bond acceptors (Lipinski definition) is 3. The second-order valence-electron chi connectivity index (χ2n) is 6.82. The summed E-state index contributed by atoms with van der Waals surface area (Å²) in [6.07, 6.45) is 1.42. The molecule has 6 heteroatoms. The van der Waals surface area contributed by atoms with Crippen LogP contribution in [0, 0.1) is 17.1 Å². The maximum absolute atomic E-state index is 14.6. The van der Waals surface area contributed by atoms with E-state index in [1.165, 1.54) is 10.4 Å². The predicted octanol–water partition coefficient (Wildman–Crippen LogP) is 4.07. The molecule has 4 nitrogen and oxygen atoms in total. The molecule has 0 radical (unpaired) electrons. The summed E-state index contributed by atoms with van der Waals surface area (Å²) >= 11 is 0. The predicted molar refractivity (Wildman–Crippen MR) is 99.2 cm³/mol. The maximum Gasteiger partial charge on any atom is 0.217 e. The Kier molecular flexibility index (Phi) is 5.12. The first kappa shape index (κ1) is 18.6. The first-order chi connectivity index (χ1) is 12.3. The van der Waals surface area contributed by atoms with Gasteiger partial charge in [-0.2, -0.15) is 9.57 Å². The molecule has 0 bridgehead atoms. The van der Waals surface area contributed by atoms with E-state index in [0.717, 1.165) is 12.0 Å². The quantitative estimate of drug-likeness (QED) is 0.816. The number of nitrogens with zero attached hydrogens (tertiary/aromatic N) is 2. The second-order valence-corrected chi connectivity index (χ2v) is 9.13. The highest BCUT2D eigenvalue weighted by Crippen LogP contribution is 2.29. The van der Waals surface area contributed by atoms with E-state index in [4.69, 9.17) is 5.26 Å². The third kappa shape index (κ3) is 3.50. The summed E-state index contributed by atoms with van der Waals surface area (Å²) in [5.41, 5.74) is 2.41. The lowest BCUT2D eigenvalue weighted by Crippen LogP contribution is -2.47. The van der Waals surface area contributed by atoms with Gasteiger partial charge in [0.25, 0.3) is 0 Å². The summed E-state index contributed by atoms with van der Waals surface area (Å²) in [5.74, 6) is -0.424. The lowest BCUT2D eigenvalue weighted by Gasteiger charge is -2.36. The fourth-order valence-electron chi connectivity index (χ4n) is 3.26. The van der Waals surface area contributed by atoms with E-state index in [9.17, 15) is 12.8 Å². The monoisotopic (exact) mass is 372 g/mol. The van der Waals surface area contributed by atoms with Gasteiger partial charge in [-0.05, 0) is 56.0 Å². The summed E-state index contributed by atoms with van der Waals surface area (Å²) in [6, 6.07) is 13.7. The normalized spacial score (nSPS) is 22.7. The number of hydrogen-bond donors (Lipinski definition) is 0. The molecule has 1 saturated heterocycles. The van der Waals surface area contributed by atoms with E-state index >= 15 is 0 Å². The molecule has 1 fully saturated rings. The highest BCUT2D eigenvalue weighted by molar-refractivity contribution is 7.89.